The average molecular weight is 406 g/mol. The van der Waals surface area contributed by atoms with Crippen molar-refractivity contribution in [3.8, 4) is 0 Å². The van der Waals surface area contributed by atoms with Crippen molar-refractivity contribution in [2.45, 2.75) is 31.2 Å². The molecule has 3 aromatic carbocycles. The topological polar surface area (TPSA) is 64.0 Å². The van der Waals surface area contributed by atoms with Crippen LogP contribution in [0.3, 0.4) is 0 Å². The number of hydrogen-bond acceptors (Lipinski definition) is 3. The molecule has 0 bridgehead atoms. The molecule has 1 aromatic heterocycles. The van der Waals surface area contributed by atoms with E-state index < -0.39 is 10.0 Å². The molecule has 0 fully saturated rings. The van der Waals surface area contributed by atoms with Crippen LogP contribution in [0.4, 0.5) is 5.69 Å². The first-order chi connectivity index (χ1) is 14.1. The Hall–Kier alpha value is -3.12. The van der Waals surface area contributed by atoms with E-state index in [9.17, 15) is 8.42 Å². The number of nitrogens with zero attached hydrogens (tertiary/aromatic N) is 2. The second kappa shape index (κ2) is 8.09. The van der Waals surface area contributed by atoms with Gasteiger partial charge in [-0.1, -0.05) is 42.5 Å². The largest absolute Gasteiger partial charge is 0.328 e. The molecule has 0 unspecified atom stereocenters. The summed E-state index contributed by atoms with van der Waals surface area (Å²) < 4.78 is 29.7. The minimum atomic E-state index is -3.57. The van der Waals surface area contributed by atoms with E-state index in [-0.39, 0.29) is 4.90 Å². The Morgan fingerprint density at radius 1 is 0.862 bits per heavy atom. The lowest BCUT2D eigenvalue weighted by molar-refractivity contribution is 0.601. The molecule has 1 heterocycles. The Kier molecular flexibility index (Phi) is 5.36. The lowest BCUT2D eigenvalue weighted by atomic mass is 10.1. The van der Waals surface area contributed by atoms with E-state index in [1.807, 2.05) is 30.3 Å². The third-order valence-electron chi connectivity index (χ3n) is 4.95. The third kappa shape index (κ3) is 4.17. The lowest BCUT2D eigenvalue weighted by Gasteiger charge is -2.09. The van der Waals surface area contributed by atoms with Crippen molar-refractivity contribution < 1.29 is 8.42 Å². The standard InChI is InChI=1S/C23H23N3O2S/c1-2-26-22-11-7-6-10-21(22)24-23(26)17-14-18-12-15-19(16-13-18)25-29(27,28)20-8-4-3-5-9-20/h3-13,15-16,25H,2,14,17H2,1H3. The highest BCUT2D eigenvalue weighted by atomic mass is 32.2. The molecular weight excluding hydrogens is 382 g/mol. The van der Waals surface area contributed by atoms with E-state index >= 15 is 0 Å². The third-order valence-corrected chi connectivity index (χ3v) is 6.34. The molecule has 0 aliphatic heterocycles. The first kappa shape index (κ1) is 19.2. The van der Waals surface area contributed by atoms with Gasteiger partial charge in [0.25, 0.3) is 10.0 Å². The second-order valence-corrected chi connectivity index (χ2v) is 8.56. The molecule has 148 valence electrons. The zero-order valence-electron chi connectivity index (χ0n) is 16.2. The number of nitrogens with one attached hydrogen (secondary N) is 1. The minimum absolute atomic E-state index is 0.252. The first-order valence-corrected chi connectivity index (χ1v) is 11.2. The van der Waals surface area contributed by atoms with Gasteiger partial charge in [-0.2, -0.15) is 0 Å². The number of fused-ring (bicyclic) bond motifs is 1. The number of anilines is 1. The normalized spacial score (nSPS) is 11.6. The fourth-order valence-electron chi connectivity index (χ4n) is 3.48. The summed E-state index contributed by atoms with van der Waals surface area (Å²) in [5, 5.41) is 0. The van der Waals surface area contributed by atoms with Gasteiger partial charge in [0.2, 0.25) is 0 Å². The van der Waals surface area contributed by atoms with Gasteiger partial charge in [0.15, 0.2) is 0 Å². The van der Waals surface area contributed by atoms with Crippen LogP contribution in [0.1, 0.15) is 18.3 Å². The monoisotopic (exact) mass is 405 g/mol. The molecule has 5 nitrogen and oxygen atoms in total. The molecule has 0 radical (unpaired) electrons. The quantitative estimate of drug-likeness (QED) is 0.487. The SMILES string of the molecule is CCn1c(CCc2ccc(NS(=O)(=O)c3ccccc3)cc2)nc2ccccc21. The molecule has 0 amide bonds. The molecule has 0 spiro atoms. The predicted molar refractivity (Wildman–Crippen MR) is 117 cm³/mol. The predicted octanol–water partition coefficient (Wildman–Crippen LogP) is 4.64. The summed E-state index contributed by atoms with van der Waals surface area (Å²) in [6, 6.07) is 24.1. The summed E-state index contributed by atoms with van der Waals surface area (Å²) in [4.78, 5) is 5.02. The van der Waals surface area contributed by atoms with Crippen LogP contribution in [0.25, 0.3) is 11.0 Å². The molecule has 0 saturated heterocycles. The van der Waals surface area contributed by atoms with E-state index in [0.29, 0.717) is 5.69 Å². The maximum atomic E-state index is 12.4. The molecule has 4 rings (SSSR count). The van der Waals surface area contributed by atoms with Crippen LogP contribution in [0, 0.1) is 0 Å². The van der Waals surface area contributed by atoms with Crippen molar-refractivity contribution in [3.63, 3.8) is 0 Å². The second-order valence-electron chi connectivity index (χ2n) is 6.88. The van der Waals surface area contributed by atoms with Gasteiger partial charge in [0.05, 0.1) is 15.9 Å². The smallest absolute Gasteiger partial charge is 0.261 e. The number of benzene rings is 3. The van der Waals surface area contributed by atoms with Gasteiger partial charge >= 0.3 is 0 Å². The van der Waals surface area contributed by atoms with Gasteiger partial charge in [-0.15, -0.1) is 0 Å². The van der Waals surface area contributed by atoms with Crippen LogP contribution in [-0.2, 0) is 29.4 Å². The van der Waals surface area contributed by atoms with Crippen LogP contribution in [0.5, 0.6) is 0 Å². The molecule has 0 aliphatic rings. The van der Waals surface area contributed by atoms with Gasteiger partial charge < -0.3 is 4.57 Å². The van der Waals surface area contributed by atoms with E-state index in [2.05, 4.69) is 22.3 Å². The van der Waals surface area contributed by atoms with E-state index in [0.717, 1.165) is 41.8 Å². The van der Waals surface area contributed by atoms with E-state index in [4.69, 9.17) is 4.98 Å². The summed E-state index contributed by atoms with van der Waals surface area (Å²) in [6.45, 7) is 3.02. The number of aryl methyl sites for hydroxylation is 3. The van der Waals surface area contributed by atoms with Crippen molar-refractivity contribution in [2.24, 2.45) is 0 Å². The summed E-state index contributed by atoms with van der Waals surface area (Å²) in [6.07, 6.45) is 1.67. The summed E-state index contributed by atoms with van der Waals surface area (Å²) in [7, 11) is -3.57. The molecule has 6 heteroatoms. The molecule has 0 aliphatic carbocycles. The van der Waals surface area contributed by atoms with Crippen molar-refractivity contribution in [2.75, 3.05) is 4.72 Å². The number of rotatable bonds is 7. The summed E-state index contributed by atoms with van der Waals surface area (Å²) in [5.41, 5.74) is 3.88. The van der Waals surface area contributed by atoms with Crippen LogP contribution in [0.15, 0.2) is 83.8 Å². The maximum Gasteiger partial charge on any atom is 0.261 e. The summed E-state index contributed by atoms with van der Waals surface area (Å²) in [5.74, 6) is 1.07. The number of imidazole rings is 1. The van der Waals surface area contributed by atoms with Crippen molar-refractivity contribution in [1.29, 1.82) is 0 Å². The molecule has 29 heavy (non-hydrogen) atoms. The Morgan fingerprint density at radius 2 is 1.55 bits per heavy atom. The van der Waals surface area contributed by atoms with Gasteiger partial charge in [-0.05, 0) is 55.3 Å². The highest BCUT2D eigenvalue weighted by Crippen LogP contribution is 2.19. The fraction of sp³-hybridized carbons (Fsp3) is 0.174. The molecule has 0 atom stereocenters. The van der Waals surface area contributed by atoms with Crippen molar-refractivity contribution >= 4 is 26.7 Å². The maximum absolute atomic E-state index is 12.4. The Morgan fingerprint density at radius 3 is 2.28 bits per heavy atom. The first-order valence-electron chi connectivity index (χ1n) is 9.68. The van der Waals surface area contributed by atoms with Gasteiger partial charge in [0.1, 0.15) is 5.82 Å². The number of sulfonamides is 1. The van der Waals surface area contributed by atoms with E-state index in [1.165, 1.54) is 0 Å². The van der Waals surface area contributed by atoms with Gasteiger partial charge in [-0.3, -0.25) is 4.72 Å². The Labute approximate surface area is 171 Å². The molecule has 0 saturated carbocycles. The van der Waals surface area contributed by atoms with Crippen molar-refractivity contribution in [3.05, 3.63) is 90.3 Å². The van der Waals surface area contributed by atoms with Crippen LogP contribution in [0.2, 0.25) is 0 Å². The number of hydrogen-bond donors (Lipinski definition) is 1. The molecule has 1 N–H and O–H groups in total. The average Bonchev–Trinajstić information content (AvgIpc) is 3.11. The van der Waals surface area contributed by atoms with Crippen molar-refractivity contribution in [1.82, 2.24) is 9.55 Å². The molecular formula is C23H23N3O2S. The molecule has 4 aromatic rings. The van der Waals surface area contributed by atoms with Crippen LogP contribution in [-0.4, -0.2) is 18.0 Å². The Bertz CT molecular complexity index is 1210. The minimum Gasteiger partial charge on any atom is -0.328 e. The summed E-state index contributed by atoms with van der Waals surface area (Å²) >= 11 is 0. The van der Waals surface area contributed by atoms with Crippen LogP contribution >= 0.6 is 0 Å². The number of para-hydroxylation sites is 2. The zero-order valence-corrected chi connectivity index (χ0v) is 17.1. The highest BCUT2D eigenvalue weighted by molar-refractivity contribution is 7.92. The fourth-order valence-corrected chi connectivity index (χ4v) is 4.56. The number of aromatic nitrogens is 2. The van der Waals surface area contributed by atoms with Crippen LogP contribution < -0.4 is 4.72 Å². The Balaban J connectivity index is 1.45. The lowest BCUT2D eigenvalue weighted by Crippen LogP contribution is -2.12. The highest BCUT2D eigenvalue weighted by Gasteiger charge is 2.13. The van der Waals surface area contributed by atoms with Gasteiger partial charge in [0, 0.05) is 18.7 Å². The zero-order chi connectivity index (χ0) is 20.3. The van der Waals surface area contributed by atoms with E-state index in [1.54, 1.807) is 42.5 Å². The van der Waals surface area contributed by atoms with Gasteiger partial charge in [-0.25, -0.2) is 13.4 Å².